The van der Waals surface area contributed by atoms with Gasteiger partial charge in [0.2, 0.25) is 0 Å². The van der Waals surface area contributed by atoms with Gasteiger partial charge in [-0.05, 0) is 53.4 Å². The number of thioether (sulfide) groups is 1. The van der Waals surface area contributed by atoms with Crippen LogP contribution in [0.15, 0.2) is 17.2 Å². The smallest absolute Gasteiger partial charge is 0.358 e. The second-order valence-corrected chi connectivity index (χ2v) is 8.31. The first kappa shape index (κ1) is 19.5. The lowest BCUT2D eigenvalue weighted by Crippen LogP contribution is -2.26. The molecule has 1 heterocycles. The fourth-order valence-corrected chi connectivity index (χ4v) is 2.43. The summed E-state index contributed by atoms with van der Waals surface area (Å²) in [5, 5.41) is 0. The van der Waals surface area contributed by atoms with Crippen molar-refractivity contribution in [2.45, 2.75) is 64.6 Å². The average Bonchev–Trinajstić information content (AvgIpc) is 2.34. The summed E-state index contributed by atoms with van der Waals surface area (Å²) in [7, 11) is 0. The van der Waals surface area contributed by atoms with E-state index in [-0.39, 0.29) is 5.69 Å². The highest BCUT2D eigenvalue weighted by Crippen LogP contribution is 2.25. The highest BCUT2D eigenvalue weighted by molar-refractivity contribution is 7.99. The molecule has 0 fully saturated rings. The van der Waals surface area contributed by atoms with Gasteiger partial charge in [0.25, 0.3) is 0 Å². The van der Waals surface area contributed by atoms with Crippen molar-refractivity contribution in [2.75, 3.05) is 5.75 Å². The topological polar surface area (TPSA) is 65.5 Å². The van der Waals surface area contributed by atoms with E-state index in [2.05, 4.69) is 4.98 Å². The number of pyridine rings is 1. The first-order valence-electron chi connectivity index (χ1n) is 7.52. The van der Waals surface area contributed by atoms with Crippen molar-refractivity contribution in [1.82, 2.24) is 4.98 Å². The lowest BCUT2D eigenvalue weighted by atomic mass is 10.2. The Morgan fingerprint density at radius 2 is 1.57 bits per heavy atom. The molecule has 128 valence electrons. The van der Waals surface area contributed by atoms with Gasteiger partial charge in [0.05, 0.1) is 5.56 Å². The summed E-state index contributed by atoms with van der Waals surface area (Å²) in [6, 6.07) is 1.63. The van der Waals surface area contributed by atoms with Crippen molar-refractivity contribution in [1.29, 1.82) is 0 Å². The molecule has 1 rings (SSSR count). The summed E-state index contributed by atoms with van der Waals surface area (Å²) in [6.07, 6.45) is 1.35. The van der Waals surface area contributed by atoms with Gasteiger partial charge < -0.3 is 9.47 Å². The highest BCUT2D eigenvalue weighted by atomic mass is 32.2. The SMILES string of the molecule is CCSc1cc(C(=O)OC(C)(C)C)cnc1C(=O)OC(C)(C)C. The molecule has 0 unspecified atom stereocenters. The number of ether oxygens (including phenoxy) is 2. The zero-order chi connectivity index (χ0) is 17.8. The van der Waals surface area contributed by atoms with E-state index in [1.165, 1.54) is 18.0 Å². The molecule has 0 aromatic carbocycles. The number of esters is 2. The van der Waals surface area contributed by atoms with E-state index < -0.39 is 23.1 Å². The minimum atomic E-state index is -0.600. The summed E-state index contributed by atoms with van der Waals surface area (Å²) in [5.41, 5.74) is -0.641. The largest absolute Gasteiger partial charge is 0.456 e. The van der Waals surface area contributed by atoms with Gasteiger partial charge in [-0.1, -0.05) is 6.92 Å². The Morgan fingerprint density at radius 3 is 2.04 bits per heavy atom. The van der Waals surface area contributed by atoms with E-state index in [0.29, 0.717) is 10.5 Å². The molecule has 0 N–H and O–H groups in total. The van der Waals surface area contributed by atoms with Crippen LogP contribution >= 0.6 is 11.8 Å². The quantitative estimate of drug-likeness (QED) is 0.608. The third-order valence-corrected chi connectivity index (χ3v) is 3.29. The monoisotopic (exact) mass is 339 g/mol. The van der Waals surface area contributed by atoms with E-state index in [1.54, 1.807) is 47.6 Å². The van der Waals surface area contributed by atoms with E-state index >= 15 is 0 Å². The van der Waals surface area contributed by atoms with Gasteiger partial charge in [-0.15, -0.1) is 11.8 Å². The summed E-state index contributed by atoms with van der Waals surface area (Å²) < 4.78 is 10.7. The summed E-state index contributed by atoms with van der Waals surface area (Å²) >= 11 is 1.43. The molecule has 23 heavy (non-hydrogen) atoms. The molecule has 6 heteroatoms. The van der Waals surface area contributed by atoms with Crippen LogP contribution in [0, 0.1) is 0 Å². The van der Waals surface area contributed by atoms with Gasteiger partial charge in [-0.3, -0.25) is 0 Å². The van der Waals surface area contributed by atoms with Crippen LogP contribution in [0.1, 0.15) is 69.3 Å². The molecule has 0 saturated carbocycles. The van der Waals surface area contributed by atoms with Gasteiger partial charge >= 0.3 is 11.9 Å². The third kappa shape index (κ3) is 6.60. The molecule has 0 aliphatic heterocycles. The minimum absolute atomic E-state index is 0.221. The van der Waals surface area contributed by atoms with E-state index in [0.717, 1.165) is 5.75 Å². The molecule has 0 aliphatic rings. The molecule has 0 aliphatic carbocycles. The van der Waals surface area contributed by atoms with Gasteiger partial charge in [0.15, 0.2) is 5.69 Å². The van der Waals surface area contributed by atoms with Crippen molar-refractivity contribution in [3.05, 3.63) is 23.5 Å². The number of hydrogen-bond donors (Lipinski definition) is 0. The molecular formula is C17H25NO4S. The number of carbonyl (C=O) groups is 2. The van der Waals surface area contributed by atoms with Gasteiger partial charge in [0.1, 0.15) is 11.2 Å². The van der Waals surface area contributed by atoms with Crippen LogP contribution in [-0.2, 0) is 9.47 Å². The Hall–Kier alpha value is -1.56. The molecule has 0 radical (unpaired) electrons. The van der Waals surface area contributed by atoms with Gasteiger partial charge in [-0.25, -0.2) is 14.6 Å². The second kappa shape index (κ2) is 7.34. The summed E-state index contributed by atoms with van der Waals surface area (Å²) in [6.45, 7) is 12.8. The Labute approximate surface area is 142 Å². The molecule has 0 bridgehead atoms. The van der Waals surface area contributed by atoms with Crippen LogP contribution in [0.3, 0.4) is 0 Å². The molecular weight excluding hydrogens is 314 g/mol. The minimum Gasteiger partial charge on any atom is -0.456 e. The Balaban J connectivity index is 3.11. The molecule has 1 aromatic rings. The molecule has 0 atom stereocenters. The summed E-state index contributed by atoms with van der Waals surface area (Å²) in [4.78, 5) is 29.1. The van der Waals surface area contributed by atoms with Gasteiger partial charge in [-0.2, -0.15) is 0 Å². The maximum Gasteiger partial charge on any atom is 0.358 e. The maximum absolute atomic E-state index is 12.3. The lowest BCUT2D eigenvalue weighted by Gasteiger charge is -2.21. The van der Waals surface area contributed by atoms with Crippen LogP contribution in [0.2, 0.25) is 0 Å². The number of nitrogens with zero attached hydrogens (tertiary/aromatic N) is 1. The molecule has 1 aromatic heterocycles. The van der Waals surface area contributed by atoms with Crippen molar-refractivity contribution in [3.8, 4) is 0 Å². The Morgan fingerprint density at radius 1 is 1.04 bits per heavy atom. The van der Waals surface area contributed by atoms with Crippen molar-refractivity contribution in [2.24, 2.45) is 0 Å². The first-order chi connectivity index (χ1) is 10.4. The van der Waals surface area contributed by atoms with Crippen LogP contribution in [0.4, 0.5) is 0 Å². The zero-order valence-electron chi connectivity index (χ0n) is 14.9. The normalized spacial score (nSPS) is 12.0. The van der Waals surface area contributed by atoms with E-state index in [1.807, 2.05) is 6.92 Å². The predicted molar refractivity (Wildman–Crippen MR) is 91.0 cm³/mol. The van der Waals surface area contributed by atoms with Crippen molar-refractivity contribution < 1.29 is 19.1 Å². The van der Waals surface area contributed by atoms with Crippen molar-refractivity contribution in [3.63, 3.8) is 0 Å². The number of hydrogen-bond acceptors (Lipinski definition) is 6. The average molecular weight is 339 g/mol. The van der Waals surface area contributed by atoms with Crippen LogP contribution < -0.4 is 0 Å². The standard InChI is InChI=1S/C17H25NO4S/c1-8-23-12-9-11(14(19)21-16(2,3)4)10-18-13(12)15(20)22-17(5,6)7/h9-10H,8H2,1-7H3. The second-order valence-electron chi connectivity index (χ2n) is 7.01. The molecule has 0 saturated heterocycles. The summed E-state index contributed by atoms with van der Waals surface area (Å²) in [5.74, 6) is -0.210. The molecule has 0 amide bonds. The predicted octanol–water partition coefficient (Wildman–Crippen LogP) is 4.10. The number of rotatable bonds is 4. The fourth-order valence-electron chi connectivity index (χ4n) is 1.64. The maximum atomic E-state index is 12.3. The highest BCUT2D eigenvalue weighted by Gasteiger charge is 2.24. The number of aromatic nitrogens is 1. The van der Waals surface area contributed by atoms with E-state index in [4.69, 9.17) is 9.47 Å². The third-order valence-electron chi connectivity index (χ3n) is 2.38. The zero-order valence-corrected chi connectivity index (χ0v) is 15.7. The lowest BCUT2D eigenvalue weighted by molar-refractivity contribution is 0.00424. The van der Waals surface area contributed by atoms with Gasteiger partial charge in [0, 0.05) is 11.1 Å². The Bertz CT molecular complexity index is 585. The fraction of sp³-hybridized carbons (Fsp3) is 0.588. The Kier molecular flexibility index (Phi) is 6.22. The van der Waals surface area contributed by atoms with Crippen LogP contribution in [0.25, 0.3) is 0 Å². The van der Waals surface area contributed by atoms with E-state index in [9.17, 15) is 9.59 Å². The van der Waals surface area contributed by atoms with Crippen LogP contribution in [0.5, 0.6) is 0 Å². The first-order valence-corrected chi connectivity index (χ1v) is 8.51. The van der Waals surface area contributed by atoms with Crippen molar-refractivity contribution >= 4 is 23.7 Å². The number of carbonyl (C=O) groups excluding carboxylic acids is 2. The molecule has 0 spiro atoms. The van der Waals surface area contributed by atoms with Crippen LogP contribution in [-0.4, -0.2) is 33.9 Å². The molecule has 5 nitrogen and oxygen atoms in total.